The molecule has 5 nitrogen and oxygen atoms in total. The van der Waals surface area contributed by atoms with E-state index in [0.29, 0.717) is 13.0 Å². The molecule has 2 rings (SSSR count). The predicted octanol–water partition coefficient (Wildman–Crippen LogP) is 2.27. The summed E-state index contributed by atoms with van der Waals surface area (Å²) in [7, 11) is 1.65. The molecule has 1 aromatic carbocycles. The number of rotatable bonds is 9. The molecule has 2 N–H and O–H groups in total. The number of thioether (sulfide) groups is 1. The maximum atomic E-state index is 12.1. The number of hydrogen-bond donors (Lipinski definition) is 2. The monoisotopic (exact) mass is 336 g/mol. The molecule has 0 unspecified atom stereocenters. The van der Waals surface area contributed by atoms with Crippen LogP contribution in [0, 0.1) is 0 Å². The molecule has 0 aliphatic heterocycles. The average Bonchev–Trinajstić information content (AvgIpc) is 3.00. The van der Waals surface area contributed by atoms with Gasteiger partial charge in [0, 0.05) is 24.5 Å². The van der Waals surface area contributed by atoms with E-state index >= 15 is 0 Å². The van der Waals surface area contributed by atoms with Crippen molar-refractivity contribution in [3.8, 4) is 5.75 Å². The van der Waals surface area contributed by atoms with Crippen LogP contribution in [0.4, 0.5) is 0 Å². The fraction of sp³-hybridized carbons (Fsp3) is 0.471. The summed E-state index contributed by atoms with van der Waals surface area (Å²) >= 11 is 1.71. The number of ether oxygens (including phenoxy) is 1. The molecular weight excluding hydrogens is 312 g/mol. The molecule has 0 radical (unpaired) electrons. The number of fused-ring (bicyclic) bond motifs is 1. The topological polar surface area (TPSA) is 63.5 Å². The van der Waals surface area contributed by atoms with E-state index in [1.54, 1.807) is 18.9 Å². The number of methoxy groups -OCH3 is 1. The van der Waals surface area contributed by atoms with Crippen LogP contribution in [-0.4, -0.2) is 47.3 Å². The molecule has 23 heavy (non-hydrogen) atoms. The van der Waals surface area contributed by atoms with Crippen molar-refractivity contribution in [2.24, 2.45) is 0 Å². The first-order chi connectivity index (χ1) is 11.2. The van der Waals surface area contributed by atoms with Crippen LogP contribution in [0.3, 0.4) is 0 Å². The van der Waals surface area contributed by atoms with Gasteiger partial charge in [0.2, 0.25) is 5.91 Å². The molecule has 1 atom stereocenters. The second-order valence-electron chi connectivity index (χ2n) is 5.39. The van der Waals surface area contributed by atoms with E-state index in [0.717, 1.165) is 28.8 Å². The summed E-state index contributed by atoms with van der Waals surface area (Å²) < 4.78 is 7.43. The zero-order chi connectivity index (χ0) is 16.7. The Morgan fingerprint density at radius 2 is 2.26 bits per heavy atom. The van der Waals surface area contributed by atoms with E-state index in [2.05, 4.69) is 5.32 Å². The molecule has 2 aromatic rings. The van der Waals surface area contributed by atoms with Crippen LogP contribution < -0.4 is 10.1 Å². The summed E-state index contributed by atoms with van der Waals surface area (Å²) in [5.41, 5.74) is 1.00. The number of aryl methyl sites for hydroxylation is 1. The molecule has 0 bridgehead atoms. The standard InChI is InChI=1S/C17H24N2O3S/c1-22-15-5-3-4-13-6-9-19(17(13)15)10-7-16(21)18-14(12-20)8-11-23-2/h3-6,9,14,20H,7-8,10-12H2,1-2H3,(H,18,21)/t14-/m0/s1. The van der Waals surface area contributed by atoms with Crippen LogP contribution in [0.2, 0.25) is 0 Å². The quantitative estimate of drug-likeness (QED) is 0.737. The van der Waals surface area contributed by atoms with Crippen molar-refractivity contribution in [2.45, 2.75) is 25.4 Å². The maximum Gasteiger partial charge on any atom is 0.222 e. The van der Waals surface area contributed by atoms with Gasteiger partial charge in [0.25, 0.3) is 0 Å². The zero-order valence-corrected chi connectivity index (χ0v) is 14.4. The molecule has 0 saturated heterocycles. The number of hydrogen-bond acceptors (Lipinski definition) is 4. The maximum absolute atomic E-state index is 12.1. The summed E-state index contributed by atoms with van der Waals surface area (Å²) in [6, 6.07) is 7.76. The van der Waals surface area contributed by atoms with E-state index in [1.165, 1.54) is 0 Å². The Morgan fingerprint density at radius 3 is 2.96 bits per heavy atom. The number of nitrogens with one attached hydrogen (secondary N) is 1. The lowest BCUT2D eigenvalue weighted by atomic mass is 10.2. The van der Waals surface area contributed by atoms with Gasteiger partial charge in [-0.3, -0.25) is 4.79 Å². The Kier molecular flexibility index (Phi) is 6.80. The Bertz CT molecular complexity index is 642. The van der Waals surface area contributed by atoms with Gasteiger partial charge < -0.3 is 19.7 Å². The number of aromatic nitrogens is 1. The van der Waals surface area contributed by atoms with Crippen molar-refractivity contribution in [3.63, 3.8) is 0 Å². The number of amides is 1. The Balaban J connectivity index is 1.96. The number of carbonyl (C=O) groups excluding carboxylic acids is 1. The van der Waals surface area contributed by atoms with Gasteiger partial charge in [-0.05, 0) is 30.6 Å². The van der Waals surface area contributed by atoms with Crippen LogP contribution in [0.5, 0.6) is 5.75 Å². The van der Waals surface area contributed by atoms with Gasteiger partial charge in [-0.1, -0.05) is 12.1 Å². The van der Waals surface area contributed by atoms with Crippen molar-refractivity contribution in [2.75, 3.05) is 25.7 Å². The first-order valence-corrected chi connectivity index (χ1v) is 9.10. The first kappa shape index (κ1) is 17.7. The molecular formula is C17H24N2O3S. The lowest BCUT2D eigenvalue weighted by Crippen LogP contribution is -2.38. The summed E-state index contributed by atoms with van der Waals surface area (Å²) in [4.78, 5) is 12.1. The van der Waals surface area contributed by atoms with Crippen LogP contribution in [-0.2, 0) is 11.3 Å². The second-order valence-corrected chi connectivity index (χ2v) is 6.37. The van der Waals surface area contributed by atoms with Gasteiger partial charge in [-0.2, -0.15) is 11.8 Å². The number of nitrogens with zero attached hydrogens (tertiary/aromatic N) is 1. The third-order valence-electron chi connectivity index (χ3n) is 3.81. The van der Waals surface area contributed by atoms with E-state index in [1.807, 2.05) is 41.3 Å². The number of para-hydroxylation sites is 1. The predicted molar refractivity (Wildman–Crippen MR) is 95.1 cm³/mol. The van der Waals surface area contributed by atoms with E-state index in [9.17, 15) is 9.90 Å². The smallest absolute Gasteiger partial charge is 0.222 e. The molecule has 0 aliphatic carbocycles. The van der Waals surface area contributed by atoms with Crippen molar-refractivity contribution in [3.05, 3.63) is 30.5 Å². The van der Waals surface area contributed by atoms with Crippen molar-refractivity contribution < 1.29 is 14.6 Å². The molecule has 1 aromatic heterocycles. The SMILES string of the molecule is COc1cccc2ccn(CCC(=O)N[C@H](CO)CCSC)c12. The van der Waals surface area contributed by atoms with Gasteiger partial charge in [0.05, 0.1) is 25.3 Å². The molecule has 6 heteroatoms. The van der Waals surface area contributed by atoms with Crippen LogP contribution >= 0.6 is 11.8 Å². The lowest BCUT2D eigenvalue weighted by Gasteiger charge is -2.16. The van der Waals surface area contributed by atoms with E-state index in [4.69, 9.17) is 4.74 Å². The minimum absolute atomic E-state index is 0.0213. The highest BCUT2D eigenvalue weighted by atomic mass is 32.2. The van der Waals surface area contributed by atoms with Gasteiger partial charge in [0.1, 0.15) is 5.75 Å². The fourth-order valence-corrected chi connectivity index (χ4v) is 3.09. The molecule has 0 aliphatic rings. The summed E-state index contributed by atoms with van der Waals surface area (Å²) in [6.07, 6.45) is 5.14. The van der Waals surface area contributed by atoms with E-state index in [-0.39, 0.29) is 18.6 Å². The van der Waals surface area contributed by atoms with Crippen molar-refractivity contribution in [1.82, 2.24) is 9.88 Å². The fourth-order valence-electron chi connectivity index (χ4n) is 2.57. The highest BCUT2D eigenvalue weighted by molar-refractivity contribution is 7.98. The van der Waals surface area contributed by atoms with Gasteiger partial charge in [-0.25, -0.2) is 0 Å². The normalized spacial score (nSPS) is 12.3. The van der Waals surface area contributed by atoms with Crippen LogP contribution in [0.15, 0.2) is 30.5 Å². The molecule has 0 spiro atoms. The summed E-state index contributed by atoms with van der Waals surface area (Å²) in [5, 5.41) is 13.3. The Labute approximate surface area is 141 Å². The van der Waals surface area contributed by atoms with Crippen molar-refractivity contribution in [1.29, 1.82) is 0 Å². The Hall–Kier alpha value is -1.66. The zero-order valence-electron chi connectivity index (χ0n) is 13.6. The van der Waals surface area contributed by atoms with Crippen LogP contribution in [0.1, 0.15) is 12.8 Å². The van der Waals surface area contributed by atoms with E-state index < -0.39 is 0 Å². The highest BCUT2D eigenvalue weighted by Gasteiger charge is 2.12. The number of aliphatic hydroxyl groups is 1. The first-order valence-electron chi connectivity index (χ1n) is 7.70. The number of benzene rings is 1. The Morgan fingerprint density at radius 1 is 1.43 bits per heavy atom. The van der Waals surface area contributed by atoms with Crippen LogP contribution in [0.25, 0.3) is 10.9 Å². The third-order valence-corrected chi connectivity index (χ3v) is 4.45. The third kappa shape index (κ3) is 4.65. The number of aliphatic hydroxyl groups excluding tert-OH is 1. The summed E-state index contributed by atoms with van der Waals surface area (Å²) in [6.45, 7) is 0.558. The molecule has 1 amide bonds. The molecule has 0 saturated carbocycles. The van der Waals surface area contributed by atoms with Crippen molar-refractivity contribution >= 4 is 28.6 Å². The molecule has 1 heterocycles. The lowest BCUT2D eigenvalue weighted by molar-refractivity contribution is -0.122. The minimum atomic E-state index is -0.161. The highest BCUT2D eigenvalue weighted by Crippen LogP contribution is 2.26. The molecule has 0 fully saturated rings. The largest absolute Gasteiger partial charge is 0.495 e. The van der Waals surface area contributed by atoms with Gasteiger partial charge in [-0.15, -0.1) is 0 Å². The number of carbonyl (C=O) groups is 1. The average molecular weight is 336 g/mol. The summed E-state index contributed by atoms with van der Waals surface area (Å²) in [5.74, 6) is 1.69. The van der Waals surface area contributed by atoms with Gasteiger partial charge in [0.15, 0.2) is 0 Å². The second kappa shape index (κ2) is 8.84. The molecule has 126 valence electrons. The van der Waals surface area contributed by atoms with Gasteiger partial charge >= 0.3 is 0 Å². The minimum Gasteiger partial charge on any atom is -0.495 e.